The van der Waals surface area contributed by atoms with Crippen LogP contribution in [0.15, 0.2) is 142 Å². The molecule has 0 aliphatic heterocycles. The van der Waals surface area contributed by atoms with E-state index in [0.29, 0.717) is 0 Å². The van der Waals surface area contributed by atoms with E-state index in [0.717, 1.165) is 49.4 Å². The highest BCUT2D eigenvalue weighted by atomic mass is 16.3. The molecule has 0 atom stereocenters. The smallest absolute Gasteiger partial charge is 0.139 e. The van der Waals surface area contributed by atoms with Crippen molar-refractivity contribution < 1.29 is 8.83 Å². The normalized spacial score (nSPS) is 12.0. The zero-order valence-electron chi connectivity index (χ0n) is 21.5. The maximum atomic E-state index is 6.48. The second kappa shape index (κ2) is 8.08. The van der Waals surface area contributed by atoms with Gasteiger partial charge in [-0.25, -0.2) is 0 Å². The topological polar surface area (TPSA) is 26.3 Å². The van der Waals surface area contributed by atoms with Crippen molar-refractivity contribution >= 4 is 65.4 Å². The lowest BCUT2D eigenvalue weighted by Gasteiger charge is -2.17. The molecule has 2 aromatic heterocycles. The Morgan fingerprint density at radius 1 is 0.275 bits per heavy atom. The number of hydrogen-bond acceptors (Lipinski definition) is 2. The van der Waals surface area contributed by atoms with Crippen molar-refractivity contribution in [3.05, 3.63) is 133 Å². The quantitative estimate of drug-likeness (QED) is 0.216. The minimum atomic E-state index is 0.841. The summed E-state index contributed by atoms with van der Waals surface area (Å²) >= 11 is 0. The van der Waals surface area contributed by atoms with Crippen LogP contribution in [0, 0.1) is 0 Å². The van der Waals surface area contributed by atoms with Gasteiger partial charge in [-0.15, -0.1) is 0 Å². The Morgan fingerprint density at radius 3 is 1.40 bits per heavy atom. The molecule has 7 aromatic carbocycles. The SMILES string of the molecule is c1ccc(-c2c3ccccc3c(-c3ccc4c(c3)oc3cc5oc6ccccc6c5cc34)c3ccccc23)cc1. The van der Waals surface area contributed by atoms with E-state index in [1.165, 1.54) is 38.2 Å². The molecule has 9 rings (SSSR count). The van der Waals surface area contributed by atoms with Gasteiger partial charge in [-0.2, -0.15) is 0 Å². The maximum absolute atomic E-state index is 6.48. The van der Waals surface area contributed by atoms with Crippen molar-refractivity contribution in [2.75, 3.05) is 0 Å². The van der Waals surface area contributed by atoms with Crippen molar-refractivity contribution in [3.63, 3.8) is 0 Å². The Labute approximate surface area is 229 Å². The van der Waals surface area contributed by atoms with Gasteiger partial charge in [-0.3, -0.25) is 0 Å². The standard InChI is InChI=1S/C38H22O2/c1-2-10-23(11-3-1)37-27-13-4-6-15-29(27)38(30-16-7-5-14-28(30)37)24-18-19-26-32-21-31-25-12-8-9-17-33(25)39-35(31)22-36(32)40-34(26)20-24/h1-22H. The number of hydrogen-bond donors (Lipinski definition) is 0. The molecule has 0 radical (unpaired) electrons. The van der Waals surface area contributed by atoms with Gasteiger partial charge in [0.1, 0.15) is 22.3 Å². The van der Waals surface area contributed by atoms with Gasteiger partial charge in [0.15, 0.2) is 0 Å². The summed E-state index contributed by atoms with van der Waals surface area (Å²) in [5, 5.41) is 9.43. The van der Waals surface area contributed by atoms with Crippen LogP contribution in [0.1, 0.15) is 0 Å². The number of furan rings is 2. The Bertz CT molecular complexity index is 2370. The van der Waals surface area contributed by atoms with E-state index in [1.54, 1.807) is 0 Å². The fourth-order valence-electron chi connectivity index (χ4n) is 6.51. The van der Waals surface area contributed by atoms with Gasteiger partial charge in [0.2, 0.25) is 0 Å². The molecule has 0 spiro atoms. The number of fused-ring (bicyclic) bond motifs is 8. The lowest BCUT2D eigenvalue weighted by atomic mass is 9.86. The van der Waals surface area contributed by atoms with Gasteiger partial charge in [-0.05, 0) is 68.1 Å². The molecule has 2 heteroatoms. The zero-order chi connectivity index (χ0) is 26.2. The summed E-state index contributed by atoms with van der Waals surface area (Å²) in [4.78, 5) is 0. The van der Waals surface area contributed by atoms with Crippen LogP contribution in [-0.4, -0.2) is 0 Å². The van der Waals surface area contributed by atoms with Crippen LogP contribution in [0.3, 0.4) is 0 Å². The Morgan fingerprint density at radius 2 is 0.750 bits per heavy atom. The zero-order valence-corrected chi connectivity index (χ0v) is 21.5. The van der Waals surface area contributed by atoms with E-state index >= 15 is 0 Å². The van der Waals surface area contributed by atoms with Gasteiger partial charge in [-0.1, -0.05) is 103 Å². The molecule has 2 nitrogen and oxygen atoms in total. The summed E-state index contributed by atoms with van der Waals surface area (Å²) in [6.07, 6.45) is 0. The number of para-hydroxylation sites is 1. The molecule has 0 bridgehead atoms. The minimum Gasteiger partial charge on any atom is -0.456 e. The Hall–Kier alpha value is -5.34. The first-order valence-corrected chi connectivity index (χ1v) is 13.6. The van der Waals surface area contributed by atoms with Gasteiger partial charge >= 0.3 is 0 Å². The first-order chi connectivity index (χ1) is 19.8. The maximum Gasteiger partial charge on any atom is 0.139 e. The van der Waals surface area contributed by atoms with E-state index in [1.807, 2.05) is 18.2 Å². The fourth-order valence-corrected chi connectivity index (χ4v) is 6.51. The first kappa shape index (κ1) is 21.6. The summed E-state index contributed by atoms with van der Waals surface area (Å²) in [6, 6.07) is 47.3. The van der Waals surface area contributed by atoms with Crippen LogP contribution in [-0.2, 0) is 0 Å². The molecule has 0 unspecified atom stereocenters. The van der Waals surface area contributed by atoms with Crippen molar-refractivity contribution in [2.24, 2.45) is 0 Å². The largest absolute Gasteiger partial charge is 0.456 e. The predicted octanol–water partition coefficient (Wildman–Crippen LogP) is 11.1. The summed E-state index contributed by atoms with van der Waals surface area (Å²) in [5.41, 5.74) is 8.34. The molecule has 186 valence electrons. The van der Waals surface area contributed by atoms with Crippen molar-refractivity contribution in [3.8, 4) is 22.3 Å². The van der Waals surface area contributed by atoms with Crippen LogP contribution in [0.25, 0.3) is 87.7 Å². The molecule has 2 heterocycles. The summed E-state index contributed by atoms with van der Waals surface area (Å²) in [7, 11) is 0. The highest BCUT2D eigenvalue weighted by Crippen LogP contribution is 2.45. The third-order valence-electron chi connectivity index (χ3n) is 8.25. The van der Waals surface area contributed by atoms with E-state index in [9.17, 15) is 0 Å². The molecule has 0 aliphatic rings. The molecule has 0 saturated carbocycles. The molecule has 0 amide bonds. The van der Waals surface area contributed by atoms with Crippen LogP contribution >= 0.6 is 0 Å². The Balaban J connectivity index is 1.33. The monoisotopic (exact) mass is 510 g/mol. The van der Waals surface area contributed by atoms with Crippen LogP contribution in [0.2, 0.25) is 0 Å². The summed E-state index contributed by atoms with van der Waals surface area (Å²) in [5.74, 6) is 0. The fraction of sp³-hybridized carbons (Fsp3) is 0. The number of benzene rings is 7. The third-order valence-corrected chi connectivity index (χ3v) is 8.25. The molecule has 9 aromatic rings. The van der Waals surface area contributed by atoms with E-state index in [4.69, 9.17) is 8.83 Å². The summed E-state index contributed by atoms with van der Waals surface area (Å²) in [6.45, 7) is 0. The second-order valence-electron chi connectivity index (χ2n) is 10.5. The number of rotatable bonds is 2. The van der Waals surface area contributed by atoms with Gasteiger partial charge in [0.25, 0.3) is 0 Å². The third kappa shape index (κ3) is 2.99. The van der Waals surface area contributed by atoms with Crippen molar-refractivity contribution in [2.45, 2.75) is 0 Å². The highest BCUT2D eigenvalue weighted by molar-refractivity contribution is 6.22. The molecule has 0 aliphatic carbocycles. The lowest BCUT2D eigenvalue weighted by molar-refractivity contribution is 0.656. The molecule has 0 fully saturated rings. The van der Waals surface area contributed by atoms with E-state index < -0.39 is 0 Å². The van der Waals surface area contributed by atoms with Crippen molar-refractivity contribution in [1.82, 2.24) is 0 Å². The predicted molar refractivity (Wildman–Crippen MR) is 167 cm³/mol. The molecular weight excluding hydrogens is 488 g/mol. The average Bonchev–Trinajstić information content (AvgIpc) is 3.55. The Kier molecular flexibility index (Phi) is 4.36. The summed E-state index contributed by atoms with van der Waals surface area (Å²) < 4.78 is 12.6. The average molecular weight is 511 g/mol. The molecular formula is C38H22O2. The minimum absolute atomic E-state index is 0.841. The van der Waals surface area contributed by atoms with Crippen LogP contribution in [0.4, 0.5) is 0 Å². The molecule has 0 N–H and O–H groups in total. The highest BCUT2D eigenvalue weighted by Gasteiger charge is 2.18. The molecule has 0 saturated heterocycles. The van der Waals surface area contributed by atoms with Crippen molar-refractivity contribution in [1.29, 1.82) is 0 Å². The van der Waals surface area contributed by atoms with Gasteiger partial charge in [0, 0.05) is 27.6 Å². The van der Waals surface area contributed by atoms with Crippen LogP contribution in [0.5, 0.6) is 0 Å². The van der Waals surface area contributed by atoms with E-state index in [2.05, 4.69) is 115 Å². The second-order valence-corrected chi connectivity index (χ2v) is 10.5. The molecule has 40 heavy (non-hydrogen) atoms. The first-order valence-electron chi connectivity index (χ1n) is 13.6. The lowest BCUT2D eigenvalue weighted by Crippen LogP contribution is -1.90. The van der Waals surface area contributed by atoms with Crippen LogP contribution < -0.4 is 0 Å². The van der Waals surface area contributed by atoms with Gasteiger partial charge < -0.3 is 8.83 Å². The van der Waals surface area contributed by atoms with E-state index in [-0.39, 0.29) is 0 Å². The van der Waals surface area contributed by atoms with Gasteiger partial charge in [0.05, 0.1) is 0 Å².